The van der Waals surface area contributed by atoms with E-state index in [1.165, 1.54) is 11.3 Å². The summed E-state index contributed by atoms with van der Waals surface area (Å²) < 4.78 is 16.2. The summed E-state index contributed by atoms with van der Waals surface area (Å²) in [5.41, 5.74) is 3.65. The topological polar surface area (TPSA) is 67.3 Å². The molecular weight excluding hydrogens is 404 g/mol. The van der Waals surface area contributed by atoms with Gasteiger partial charge < -0.3 is 29.7 Å². The van der Waals surface area contributed by atoms with Gasteiger partial charge in [-0.1, -0.05) is 30.3 Å². The lowest BCUT2D eigenvalue weighted by Crippen LogP contribution is -2.39. The molecule has 1 saturated heterocycles. The first-order valence-corrected chi connectivity index (χ1v) is 11.4. The number of nitrogens with one attached hydrogen (secondary N) is 2. The maximum absolute atomic E-state index is 5.52. The van der Waals surface area contributed by atoms with Crippen LogP contribution in [0, 0.1) is 0 Å². The summed E-state index contributed by atoms with van der Waals surface area (Å²) in [5, 5.41) is 6.96. The fourth-order valence-electron chi connectivity index (χ4n) is 3.55. The van der Waals surface area contributed by atoms with Crippen molar-refractivity contribution in [2.75, 3.05) is 58.1 Å². The first kappa shape index (κ1) is 23.9. The van der Waals surface area contributed by atoms with E-state index in [1.54, 1.807) is 7.11 Å². The highest BCUT2D eigenvalue weighted by atomic mass is 16.5. The van der Waals surface area contributed by atoms with E-state index in [-0.39, 0.29) is 0 Å². The number of anilines is 1. The van der Waals surface area contributed by atoms with Gasteiger partial charge in [-0.2, -0.15) is 0 Å². The average Bonchev–Trinajstić information content (AvgIpc) is 2.86. The number of methoxy groups -OCH3 is 1. The van der Waals surface area contributed by atoms with Crippen molar-refractivity contribution in [1.82, 2.24) is 10.6 Å². The SMILES string of the molecule is CCOCCCNC(=NCc1ccc(OC)cc1)NCc1ccccc1N1CCOCC1. The quantitative estimate of drug-likeness (QED) is 0.318. The van der Waals surface area contributed by atoms with Gasteiger partial charge in [-0.15, -0.1) is 0 Å². The number of hydrogen-bond donors (Lipinski definition) is 2. The summed E-state index contributed by atoms with van der Waals surface area (Å²) in [5.74, 6) is 1.65. The molecule has 0 aromatic heterocycles. The fraction of sp³-hybridized carbons (Fsp3) is 0.480. The largest absolute Gasteiger partial charge is 0.497 e. The third-order valence-electron chi connectivity index (χ3n) is 5.33. The molecular formula is C25H36N4O3. The van der Waals surface area contributed by atoms with Gasteiger partial charge in [0, 0.05) is 45.1 Å². The first-order valence-electron chi connectivity index (χ1n) is 11.4. The molecule has 7 heteroatoms. The molecule has 174 valence electrons. The summed E-state index contributed by atoms with van der Waals surface area (Å²) in [6, 6.07) is 16.6. The van der Waals surface area contributed by atoms with Crippen molar-refractivity contribution in [2.45, 2.75) is 26.4 Å². The predicted octanol–water partition coefficient (Wildman–Crippen LogP) is 3.19. The molecule has 1 aliphatic rings. The van der Waals surface area contributed by atoms with Gasteiger partial charge in [0.05, 0.1) is 26.9 Å². The predicted molar refractivity (Wildman–Crippen MR) is 130 cm³/mol. The molecule has 2 N–H and O–H groups in total. The van der Waals surface area contributed by atoms with E-state index in [4.69, 9.17) is 19.2 Å². The lowest BCUT2D eigenvalue weighted by Gasteiger charge is -2.30. The molecule has 0 bridgehead atoms. The Morgan fingerprint density at radius 2 is 1.84 bits per heavy atom. The van der Waals surface area contributed by atoms with Crippen LogP contribution in [-0.4, -0.2) is 59.1 Å². The van der Waals surface area contributed by atoms with Gasteiger partial charge in [-0.05, 0) is 42.7 Å². The Morgan fingerprint density at radius 1 is 1.06 bits per heavy atom. The molecule has 1 heterocycles. The van der Waals surface area contributed by atoms with Gasteiger partial charge in [-0.3, -0.25) is 0 Å². The van der Waals surface area contributed by atoms with Crippen LogP contribution in [0.4, 0.5) is 5.69 Å². The molecule has 0 aliphatic carbocycles. The first-order chi connectivity index (χ1) is 15.8. The van der Waals surface area contributed by atoms with Crippen LogP contribution in [0.2, 0.25) is 0 Å². The van der Waals surface area contributed by atoms with E-state index in [9.17, 15) is 0 Å². The Bertz CT molecular complexity index is 820. The Labute approximate surface area is 191 Å². The number of hydrogen-bond acceptors (Lipinski definition) is 5. The Kier molecular flexibility index (Phi) is 10.2. The second-order valence-corrected chi connectivity index (χ2v) is 7.57. The van der Waals surface area contributed by atoms with Crippen molar-refractivity contribution in [3.8, 4) is 5.75 Å². The molecule has 7 nitrogen and oxygen atoms in total. The smallest absolute Gasteiger partial charge is 0.191 e. The summed E-state index contributed by atoms with van der Waals surface area (Å²) in [4.78, 5) is 7.20. The minimum Gasteiger partial charge on any atom is -0.497 e. The second kappa shape index (κ2) is 13.6. The van der Waals surface area contributed by atoms with Crippen molar-refractivity contribution < 1.29 is 14.2 Å². The van der Waals surface area contributed by atoms with Crippen LogP contribution < -0.4 is 20.3 Å². The van der Waals surface area contributed by atoms with Crippen LogP contribution in [0.3, 0.4) is 0 Å². The third-order valence-corrected chi connectivity index (χ3v) is 5.33. The van der Waals surface area contributed by atoms with Gasteiger partial charge in [-0.25, -0.2) is 4.99 Å². The maximum atomic E-state index is 5.52. The summed E-state index contributed by atoms with van der Waals surface area (Å²) in [6.45, 7) is 9.00. The van der Waals surface area contributed by atoms with E-state index in [1.807, 2.05) is 31.2 Å². The molecule has 0 saturated carbocycles. The van der Waals surface area contributed by atoms with Crippen LogP contribution in [0.5, 0.6) is 5.75 Å². The fourth-order valence-corrected chi connectivity index (χ4v) is 3.55. The van der Waals surface area contributed by atoms with E-state index < -0.39 is 0 Å². The Balaban J connectivity index is 1.63. The van der Waals surface area contributed by atoms with Crippen LogP contribution in [0.1, 0.15) is 24.5 Å². The number of aliphatic imine (C=N–C) groups is 1. The van der Waals surface area contributed by atoms with Crippen LogP contribution in [-0.2, 0) is 22.6 Å². The number of guanidine groups is 1. The third kappa shape index (κ3) is 7.73. The van der Waals surface area contributed by atoms with Crippen molar-refractivity contribution in [1.29, 1.82) is 0 Å². The average molecular weight is 441 g/mol. The van der Waals surface area contributed by atoms with E-state index >= 15 is 0 Å². The summed E-state index contributed by atoms with van der Waals surface area (Å²) >= 11 is 0. The van der Waals surface area contributed by atoms with Crippen molar-refractivity contribution in [3.05, 3.63) is 59.7 Å². The number of rotatable bonds is 11. The number of morpholine rings is 1. The lowest BCUT2D eigenvalue weighted by atomic mass is 10.1. The molecule has 3 rings (SSSR count). The van der Waals surface area contributed by atoms with Crippen molar-refractivity contribution in [3.63, 3.8) is 0 Å². The number of benzene rings is 2. The molecule has 0 unspecified atom stereocenters. The molecule has 1 fully saturated rings. The van der Waals surface area contributed by atoms with Crippen molar-refractivity contribution >= 4 is 11.6 Å². The molecule has 0 radical (unpaired) electrons. The van der Waals surface area contributed by atoms with Gasteiger partial charge in [0.1, 0.15) is 5.75 Å². The maximum Gasteiger partial charge on any atom is 0.191 e. The molecule has 2 aromatic carbocycles. The molecule has 0 atom stereocenters. The summed E-state index contributed by atoms with van der Waals surface area (Å²) in [7, 11) is 1.68. The lowest BCUT2D eigenvalue weighted by molar-refractivity contribution is 0.122. The summed E-state index contributed by atoms with van der Waals surface area (Å²) in [6.07, 6.45) is 0.932. The molecule has 2 aromatic rings. The van der Waals surface area contributed by atoms with Crippen LogP contribution in [0.15, 0.2) is 53.5 Å². The standard InChI is InChI=1S/C25H36N4O3/c1-3-31-16-6-13-26-25(27-19-21-9-11-23(30-2)12-10-21)28-20-22-7-4-5-8-24(22)29-14-17-32-18-15-29/h4-5,7-12H,3,6,13-20H2,1-2H3,(H2,26,27,28). The number of para-hydroxylation sites is 1. The van der Waals surface area contributed by atoms with Crippen molar-refractivity contribution in [2.24, 2.45) is 4.99 Å². The molecule has 0 amide bonds. The molecule has 0 spiro atoms. The normalized spacial score (nSPS) is 14.3. The van der Waals surface area contributed by atoms with Crippen LogP contribution >= 0.6 is 0 Å². The van der Waals surface area contributed by atoms with E-state index in [0.29, 0.717) is 13.1 Å². The Hall–Kier alpha value is -2.77. The minimum absolute atomic E-state index is 0.593. The molecule has 32 heavy (non-hydrogen) atoms. The Morgan fingerprint density at radius 3 is 2.59 bits per heavy atom. The highest BCUT2D eigenvalue weighted by molar-refractivity contribution is 5.80. The zero-order chi connectivity index (χ0) is 22.4. The van der Waals surface area contributed by atoms with Gasteiger partial charge in [0.15, 0.2) is 5.96 Å². The van der Waals surface area contributed by atoms with Gasteiger partial charge in [0.2, 0.25) is 0 Å². The van der Waals surface area contributed by atoms with Gasteiger partial charge in [0.25, 0.3) is 0 Å². The van der Waals surface area contributed by atoms with Gasteiger partial charge >= 0.3 is 0 Å². The highest BCUT2D eigenvalue weighted by Gasteiger charge is 2.14. The van der Waals surface area contributed by atoms with E-state index in [0.717, 1.165) is 69.8 Å². The number of nitrogens with zero attached hydrogens (tertiary/aromatic N) is 2. The minimum atomic E-state index is 0.593. The second-order valence-electron chi connectivity index (χ2n) is 7.57. The number of ether oxygens (including phenoxy) is 3. The zero-order valence-electron chi connectivity index (χ0n) is 19.3. The van der Waals surface area contributed by atoms with E-state index in [2.05, 4.69) is 39.8 Å². The molecule has 1 aliphatic heterocycles. The van der Waals surface area contributed by atoms with Crippen LogP contribution in [0.25, 0.3) is 0 Å². The monoisotopic (exact) mass is 440 g/mol. The highest BCUT2D eigenvalue weighted by Crippen LogP contribution is 2.21. The zero-order valence-corrected chi connectivity index (χ0v) is 19.3.